The summed E-state index contributed by atoms with van der Waals surface area (Å²) in [7, 11) is 0. The van der Waals surface area contributed by atoms with Crippen molar-refractivity contribution in [1.82, 2.24) is 0 Å². The minimum atomic E-state index is -4.97. The lowest BCUT2D eigenvalue weighted by Gasteiger charge is -2.14. The Morgan fingerprint density at radius 2 is 1.75 bits per heavy atom. The molecular weight excluding hydrogens is 513 g/mol. The first-order valence-electron chi connectivity index (χ1n) is 9.06. The summed E-state index contributed by atoms with van der Waals surface area (Å²) >= 11 is 9.29. The molecule has 0 bridgehead atoms. The van der Waals surface area contributed by atoms with Crippen molar-refractivity contribution in [2.75, 3.05) is 0 Å². The third kappa shape index (κ3) is 4.28. The van der Waals surface area contributed by atoms with Crippen molar-refractivity contribution in [1.29, 1.82) is 0 Å². The van der Waals surface area contributed by atoms with Gasteiger partial charge in [0, 0.05) is 21.1 Å². The highest BCUT2D eigenvalue weighted by molar-refractivity contribution is 9.10. The summed E-state index contributed by atoms with van der Waals surface area (Å²) in [5.41, 5.74) is -1.84. The van der Waals surface area contributed by atoms with Crippen molar-refractivity contribution in [2.24, 2.45) is 0 Å². The smallest absolute Gasteiger partial charge is 0.450 e. The van der Waals surface area contributed by atoms with Gasteiger partial charge in [-0.1, -0.05) is 51.8 Å². The molecule has 32 heavy (non-hydrogen) atoms. The van der Waals surface area contributed by atoms with Gasteiger partial charge in [-0.25, -0.2) is 4.79 Å². The zero-order valence-electron chi connectivity index (χ0n) is 15.9. The summed E-state index contributed by atoms with van der Waals surface area (Å²) < 4.78 is 52.3. The molecule has 0 fully saturated rings. The summed E-state index contributed by atoms with van der Waals surface area (Å²) in [6.07, 6.45) is -4.97. The van der Waals surface area contributed by atoms with E-state index in [1.807, 2.05) is 0 Å². The number of fused-ring (bicyclic) bond motifs is 1. The van der Waals surface area contributed by atoms with Gasteiger partial charge < -0.3 is 9.15 Å². The van der Waals surface area contributed by atoms with E-state index in [4.69, 9.17) is 20.8 Å². The molecule has 162 valence electrons. The predicted molar refractivity (Wildman–Crippen MR) is 117 cm³/mol. The molecule has 1 aromatic heterocycles. The van der Waals surface area contributed by atoms with Crippen LogP contribution >= 0.6 is 27.5 Å². The van der Waals surface area contributed by atoms with E-state index >= 15 is 0 Å². The molecule has 0 aliphatic carbocycles. The second-order valence-electron chi connectivity index (χ2n) is 6.67. The standard InChI is InChI=1S/C23H11BrClF3O4/c24-13-5-3-4-12(10-13)22(30)31-14-8-9-16-18(11-14)32-21(23(26,27)28)19(20(16)29)15-6-1-2-7-17(15)25/h1-11H. The second kappa shape index (κ2) is 8.44. The molecule has 0 saturated heterocycles. The summed E-state index contributed by atoms with van der Waals surface area (Å²) in [6.45, 7) is 0. The first-order chi connectivity index (χ1) is 15.1. The van der Waals surface area contributed by atoms with Crippen LogP contribution in [0.25, 0.3) is 22.1 Å². The highest BCUT2D eigenvalue weighted by atomic mass is 79.9. The number of halogens is 5. The van der Waals surface area contributed by atoms with Crippen LogP contribution in [0.1, 0.15) is 16.1 Å². The number of hydrogen-bond donors (Lipinski definition) is 0. The number of esters is 1. The molecule has 4 nitrogen and oxygen atoms in total. The third-order valence-corrected chi connectivity index (χ3v) is 5.36. The molecule has 1 heterocycles. The molecule has 0 saturated carbocycles. The van der Waals surface area contributed by atoms with Crippen LogP contribution in [0.5, 0.6) is 5.75 Å². The Kier molecular flexibility index (Phi) is 5.83. The summed E-state index contributed by atoms with van der Waals surface area (Å²) in [6, 6.07) is 15.7. The van der Waals surface area contributed by atoms with E-state index in [1.54, 1.807) is 12.1 Å². The Bertz CT molecular complexity index is 1410. The van der Waals surface area contributed by atoms with Gasteiger partial charge in [0.15, 0.2) is 0 Å². The van der Waals surface area contributed by atoms with Crippen LogP contribution in [0.2, 0.25) is 5.02 Å². The minimum absolute atomic E-state index is 0.0239. The monoisotopic (exact) mass is 522 g/mol. The predicted octanol–water partition coefficient (Wildman–Crippen LogP) is 7.11. The average Bonchev–Trinajstić information content (AvgIpc) is 2.73. The topological polar surface area (TPSA) is 56.5 Å². The van der Waals surface area contributed by atoms with Gasteiger partial charge in [0.25, 0.3) is 0 Å². The Balaban J connectivity index is 1.84. The molecule has 0 amide bonds. The normalized spacial score (nSPS) is 11.5. The first-order valence-corrected chi connectivity index (χ1v) is 10.2. The van der Waals surface area contributed by atoms with Crippen LogP contribution in [0.4, 0.5) is 13.2 Å². The number of rotatable bonds is 3. The zero-order chi connectivity index (χ0) is 23.0. The molecular formula is C23H11BrClF3O4. The summed E-state index contributed by atoms with van der Waals surface area (Å²) in [5.74, 6) is -2.29. The molecule has 0 unspecified atom stereocenters. The van der Waals surface area contributed by atoms with Crippen LogP contribution in [-0.4, -0.2) is 5.97 Å². The van der Waals surface area contributed by atoms with E-state index in [-0.39, 0.29) is 32.9 Å². The van der Waals surface area contributed by atoms with E-state index in [2.05, 4.69) is 15.9 Å². The van der Waals surface area contributed by atoms with E-state index < -0.39 is 28.9 Å². The third-order valence-electron chi connectivity index (χ3n) is 4.54. The highest BCUT2D eigenvalue weighted by Gasteiger charge is 2.39. The molecule has 0 N–H and O–H groups in total. The van der Waals surface area contributed by atoms with Crippen LogP contribution < -0.4 is 10.2 Å². The van der Waals surface area contributed by atoms with Crippen molar-refractivity contribution >= 4 is 44.5 Å². The van der Waals surface area contributed by atoms with Gasteiger partial charge in [-0.3, -0.25) is 4.79 Å². The van der Waals surface area contributed by atoms with Crippen LogP contribution in [0.15, 0.2) is 80.4 Å². The van der Waals surface area contributed by atoms with Gasteiger partial charge in [0.1, 0.15) is 11.3 Å². The first kappa shape index (κ1) is 22.1. The molecule has 0 aliphatic heterocycles. The fourth-order valence-corrected chi connectivity index (χ4v) is 3.76. The van der Waals surface area contributed by atoms with E-state index in [1.165, 1.54) is 48.5 Å². The van der Waals surface area contributed by atoms with Gasteiger partial charge in [0.05, 0.1) is 16.5 Å². The van der Waals surface area contributed by atoms with Crippen LogP contribution in [0.3, 0.4) is 0 Å². The SMILES string of the molecule is O=C(Oc1ccc2c(=O)c(-c3ccccc3Cl)c(C(F)(F)F)oc2c1)c1cccc(Br)c1. The molecule has 0 radical (unpaired) electrons. The maximum atomic E-state index is 13.8. The lowest BCUT2D eigenvalue weighted by Crippen LogP contribution is -2.16. The second-order valence-corrected chi connectivity index (χ2v) is 7.99. The van der Waals surface area contributed by atoms with Gasteiger partial charge in [-0.15, -0.1) is 0 Å². The zero-order valence-corrected chi connectivity index (χ0v) is 18.2. The van der Waals surface area contributed by atoms with Crippen molar-refractivity contribution in [2.45, 2.75) is 6.18 Å². The van der Waals surface area contributed by atoms with Crippen molar-refractivity contribution < 1.29 is 27.1 Å². The van der Waals surface area contributed by atoms with Gasteiger partial charge >= 0.3 is 12.1 Å². The number of ether oxygens (including phenoxy) is 1. The highest BCUT2D eigenvalue weighted by Crippen LogP contribution is 2.39. The van der Waals surface area contributed by atoms with Gasteiger partial charge in [0.2, 0.25) is 11.2 Å². The fourth-order valence-electron chi connectivity index (χ4n) is 3.13. The fraction of sp³-hybridized carbons (Fsp3) is 0.0435. The number of benzene rings is 3. The molecule has 4 rings (SSSR count). The minimum Gasteiger partial charge on any atom is -0.450 e. The molecule has 0 aliphatic rings. The Hall–Kier alpha value is -3.10. The molecule has 3 aromatic carbocycles. The van der Waals surface area contributed by atoms with E-state index in [0.29, 0.717) is 4.47 Å². The molecule has 0 atom stereocenters. The number of alkyl halides is 3. The largest absolute Gasteiger partial charge is 0.450 e. The summed E-state index contributed by atoms with van der Waals surface area (Å²) in [5, 5.41) is -0.139. The van der Waals surface area contributed by atoms with Crippen molar-refractivity contribution in [3.05, 3.63) is 97.8 Å². The van der Waals surface area contributed by atoms with Gasteiger partial charge in [-0.05, 0) is 36.4 Å². The maximum Gasteiger partial charge on any atom is 0.450 e. The van der Waals surface area contributed by atoms with Crippen molar-refractivity contribution in [3.63, 3.8) is 0 Å². The summed E-state index contributed by atoms with van der Waals surface area (Å²) in [4.78, 5) is 25.4. The number of carbonyl (C=O) groups is 1. The molecule has 9 heteroatoms. The molecule has 4 aromatic rings. The van der Waals surface area contributed by atoms with E-state index in [0.717, 1.165) is 6.07 Å². The number of carbonyl (C=O) groups excluding carboxylic acids is 1. The van der Waals surface area contributed by atoms with Crippen LogP contribution in [0, 0.1) is 0 Å². The number of hydrogen-bond acceptors (Lipinski definition) is 4. The Morgan fingerprint density at radius 3 is 2.44 bits per heavy atom. The Morgan fingerprint density at radius 1 is 1.00 bits per heavy atom. The Labute approximate surface area is 192 Å². The maximum absolute atomic E-state index is 13.8. The average molecular weight is 524 g/mol. The van der Waals surface area contributed by atoms with Crippen LogP contribution in [-0.2, 0) is 6.18 Å². The van der Waals surface area contributed by atoms with Gasteiger partial charge in [-0.2, -0.15) is 13.2 Å². The molecule has 0 spiro atoms. The lowest BCUT2D eigenvalue weighted by molar-refractivity contribution is -0.152. The lowest BCUT2D eigenvalue weighted by atomic mass is 10.0. The van der Waals surface area contributed by atoms with E-state index in [9.17, 15) is 22.8 Å². The quantitative estimate of drug-likeness (QED) is 0.212. The van der Waals surface area contributed by atoms with Crippen molar-refractivity contribution in [3.8, 4) is 16.9 Å².